The Morgan fingerprint density at radius 3 is 2.67 bits per heavy atom. The van der Waals surface area contributed by atoms with Gasteiger partial charge in [0.1, 0.15) is 17.8 Å². The number of carbonyl (C=O) groups is 3. The van der Waals surface area contributed by atoms with Gasteiger partial charge in [0.2, 0.25) is 11.8 Å². The van der Waals surface area contributed by atoms with Crippen molar-refractivity contribution in [1.82, 2.24) is 15.1 Å². The first kappa shape index (κ1) is 16.3. The fourth-order valence-electron chi connectivity index (χ4n) is 2.86. The van der Waals surface area contributed by atoms with Crippen LogP contribution in [-0.2, 0) is 9.59 Å². The van der Waals surface area contributed by atoms with E-state index in [4.69, 9.17) is 9.84 Å². The van der Waals surface area contributed by atoms with E-state index in [0.717, 1.165) is 5.56 Å². The number of aliphatic hydroxyl groups excluding tert-OH is 1. The summed E-state index contributed by atoms with van der Waals surface area (Å²) in [7, 11) is 0. The van der Waals surface area contributed by atoms with Gasteiger partial charge in [-0.25, -0.2) is 4.79 Å². The van der Waals surface area contributed by atoms with Crippen LogP contribution in [0.25, 0.3) is 0 Å². The lowest BCUT2D eigenvalue weighted by Gasteiger charge is -2.44. The van der Waals surface area contributed by atoms with E-state index in [1.165, 1.54) is 9.80 Å². The second kappa shape index (κ2) is 6.48. The van der Waals surface area contributed by atoms with E-state index in [1.807, 2.05) is 19.1 Å². The van der Waals surface area contributed by atoms with Crippen molar-refractivity contribution in [1.29, 1.82) is 0 Å². The third-order valence-electron chi connectivity index (χ3n) is 4.25. The van der Waals surface area contributed by atoms with Gasteiger partial charge < -0.3 is 25.0 Å². The molecule has 0 bridgehead atoms. The van der Waals surface area contributed by atoms with Crippen LogP contribution in [0.4, 0.5) is 4.79 Å². The summed E-state index contributed by atoms with van der Waals surface area (Å²) >= 11 is 0. The maximum atomic E-state index is 12.3. The molecule has 3 rings (SSSR count). The number of aryl methyl sites for hydroxylation is 1. The largest absolute Gasteiger partial charge is 0.415 e. The van der Waals surface area contributed by atoms with E-state index < -0.39 is 24.8 Å². The molecule has 128 valence electrons. The predicted molar refractivity (Wildman–Crippen MR) is 83.3 cm³/mol. The molecule has 0 unspecified atom stereocenters. The Bertz CT molecular complexity index is 660. The Hall–Kier alpha value is -2.61. The van der Waals surface area contributed by atoms with Crippen LogP contribution in [0.15, 0.2) is 24.3 Å². The van der Waals surface area contributed by atoms with Gasteiger partial charge in [-0.2, -0.15) is 0 Å². The molecule has 0 saturated carbocycles. The zero-order chi connectivity index (χ0) is 17.3. The standard InChI is InChI=1S/C16H19N3O5/c1-10-2-4-11(5-3-10)24-16(23)18-6-7-19-13(8-18)14(21)17-12(9-20)15(19)22/h2-5,12-13,20H,6-9H2,1H3,(H,17,21)/t12-,13-/m1/s1. The highest BCUT2D eigenvalue weighted by Crippen LogP contribution is 2.18. The lowest BCUT2D eigenvalue weighted by atomic mass is 10.0. The van der Waals surface area contributed by atoms with Crippen LogP contribution >= 0.6 is 0 Å². The quantitative estimate of drug-likeness (QED) is 0.760. The number of carbonyl (C=O) groups excluding carboxylic acids is 3. The van der Waals surface area contributed by atoms with Crippen molar-refractivity contribution in [2.45, 2.75) is 19.0 Å². The van der Waals surface area contributed by atoms with Gasteiger partial charge >= 0.3 is 6.09 Å². The van der Waals surface area contributed by atoms with Crippen molar-refractivity contribution in [2.24, 2.45) is 0 Å². The van der Waals surface area contributed by atoms with Gasteiger partial charge in [0.15, 0.2) is 0 Å². The van der Waals surface area contributed by atoms with Gasteiger partial charge in [0.25, 0.3) is 0 Å². The fourth-order valence-corrected chi connectivity index (χ4v) is 2.86. The minimum Gasteiger partial charge on any atom is -0.410 e. The average Bonchev–Trinajstić information content (AvgIpc) is 2.59. The van der Waals surface area contributed by atoms with E-state index in [9.17, 15) is 14.4 Å². The Kier molecular flexibility index (Phi) is 4.39. The number of rotatable bonds is 2. The molecule has 2 saturated heterocycles. The van der Waals surface area contributed by atoms with Crippen LogP contribution in [0.5, 0.6) is 5.75 Å². The van der Waals surface area contributed by atoms with Crippen molar-refractivity contribution < 1.29 is 24.2 Å². The van der Waals surface area contributed by atoms with Gasteiger partial charge in [-0.05, 0) is 19.1 Å². The lowest BCUT2D eigenvalue weighted by Crippen LogP contribution is -2.70. The van der Waals surface area contributed by atoms with Crippen molar-refractivity contribution in [2.75, 3.05) is 26.2 Å². The van der Waals surface area contributed by atoms with Gasteiger partial charge in [0, 0.05) is 13.1 Å². The molecule has 2 atom stereocenters. The molecule has 24 heavy (non-hydrogen) atoms. The summed E-state index contributed by atoms with van der Waals surface area (Å²) in [5, 5.41) is 11.6. The number of piperazine rings is 2. The van der Waals surface area contributed by atoms with Crippen LogP contribution in [-0.4, -0.2) is 71.1 Å². The normalized spacial score (nSPS) is 23.6. The topological polar surface area (TPSA) is 99.2 Å². The van der Waals surface area contributed by atoms with Crippen molar-refractivity contribution >= 4 is 17.9 Å². The van der Waals surface area contributed by atoms with Crippen molar-refractivity contribution in [3.8, 4) is 5.75 Å². The minimum absolute atomic E-state index is 0.0699. The van der Waals surface area contributed by atoms with E-state index in [0.29, 0.717) is 5.75 Å². The molecule has 8 heteroatoms. The first-order chi connectivity index (χ1) is 11.5. The second-order valence-corrected chi connectivity index (χ2v) is 5.92. The smallest absolute Gasteiger partial charge is 0.410 e. The number of fused-ring (bicyclic) bond motifs is 1. The summed E-state index contributed by atoms with van der Waals surface area (Å²) in [5.74, 6) is -0.271. The van der Waals surface area contributed by atoms with Crippen LogP contribution < -0.4 is 10.1 Å². The predicted octanol–water partition coefficient (Wildman–Crippen LogP) is -0.503. The molecule has 2 N–H and O–H groups in total. The molecule has 2 aliphatic heterocycles. The summed E-state index contributed by atoms with van der Waals surface area (Å²) in [6, 6.07) is 5.42. The van der Waals surface area contributed by atoms with Gasteiger partial charge in [-0.1, -0.05) is 17.7 Å². The number of ether oxygens (including phenoxy) is 1. The maximum Gasteiger partial charge on any atom is 0.415 e. The van der Waals surface area contributed by atoms with E-state index >= 15 is 0 Å². The Labute approximate surface area is 139 Å². The first-order valence-electron chi connectivity index (χ1n) is 7.74. The molecule has 0 radical (unpaired) electrons. The number of nitrogens with zero attached hydrogens (tertiary/aromatic N) is 2. The average molecular weight is 333 g/mol. The number of aliphatic hydroxyl groups is 1. The highest BCUT2D eigenvalue weighted by molar-refractivity contribution is 5.97. The molecule has 0 aliphatic carbocycles. The van der Waals surface area contributed by atoms with Crippen molar-refractivity contribution in [3.05, 3.63) is 29.8 Å². The molecule has 2 heterocycles. The fraction of sp³-hybridized carbons (Fsp3) is 0.438. The summed E-state index contributed by atoms with van der Waals surface area (Å²) in [4.78, 5) is 39.4. The molecule has 2 aliphatic rings. The third-order valence-corrected chi connectivity index (χ3v) is 4.25. The Morgan fingerprint density at radius 1 is 1.29 bits per heavy atom. The van der Waals surface area contributed by atoms with Gasteiger partial charge in [-0.15, -0.1) is 0 Å². The monoisotopic (exact) mass is 333 g/mol. The lowest BCUT2D eigenvalue weighted by molar-refractivity contribution is -0.153. The zero-order valence-corrected chi connectivity index (χ0v) is 13.3. The van der Waals surface area contributed by atoms with E-state index in [-0.39, 0.29) is 31.4 Å². The van der Waals surface area contributed by atoms with E-state index in [1.54, 1.807) is 12.1 Å². The molecule has 3 amide bonds. The molecule has 0 spiro atoms. The first-order valence-corrected chi connectivity index (χ1v) is 7.74. The second-order valence-electron chi connectivity index (χ2n) is 5.92. The van der Waals surface area contributed by atoms with Crippen LogP contribution in [0.3, 0.4) is 0 Å². The summed E-state index contributed by atoms with van der Waals surface area (Å²) < 4.78 is 5.30. The van der Waals surface area contributed by atoms with Crippen molar-refractivity contribution in [3.63, 3.8) is 0 Å². The molecular weight excluding hydrogens is 314 g/mol. The summed E-state index contributed by atoms with van der Waals surface area (Å²) in [6.07, 6.45) is -0.553. The maximum absolute atomic E-state index is 12.3. The number of benzene rings is 1. The van der Waals surface area contributed by atoms with Crippen LogP contribution in [0, 0.1) is 6.92 Å². The molecule has 1 aromatic rings. The Morgan fingerprint density at radius 2 is 2.00 bits per heavy atom. The van der Waals surface area contributed by atoms with E-state index in [2.05, 4.69) is 5.32 Å². The van der Waals surface area contributed by atoms with Gasteiger partial charge in [-0.3, -0.25) is 9.59 Å². The highest BCUT2D eigenvalue weighted by Gasteiger charge is 2.44. The van der Waals surface area contributed by atoms with Crippen LogP contribution in [0.2, 0.25) is 0 Å². The summed E-state index contributed by atoms with van der Waals surface area (Å²) in [5.41, 5.74) is 1.05. The minimum atomic E-state index is -0.903. The van der Waals surface area contributed by atoms with Crippen LogP contribution in [0.1, 0.15) is 5.56 Å². The number of nitrogens with one attached hydrogen (secondary N) is 1. The molecule has 1 aromatic carbocycles. The Balaban J connectivity index is 1.66. The zero-order valence-electron chi connectivity index (χ0n) is 13.3. The number of amides is 3. The molecular formula is C16H19N3O5. The summed E-state index contributed by atoms with van der Waals surface area (Å²) in [6.45, 7) is 2.07. The third kappa shape index (κ3) is 3.05. The number of hydrogen-bond donors (Lipinski definition) is 2. The van der Waals surface area contributed by atoms with Gasteiger partial charge in [0.05, 0.1) is 13.2 Å². The molecule has 8 nitrogen and oxygen atoms in total. The SMILES string of the molecule is Cc1ccc(OC(=O)N2CCN3C(=O)[C@@H](CO)NC(=O)[C@H]3C2)cc1. The highest BCUT2D eigenvalue weighted by atomic mass is 16.6. The molecule has 2 fully saturated rings. The molecule has 0 aromatic heterocycles. The number of hydrogen-bond acceptors (Lipinski definition) is 5.